The lowest BCUT2D eigenvalue weighted by Gasteiger charge is -2.56. The first-order valence-electron chi connectivity index (χ1n) is 12.8. The molecule has 2 saturated carbocycles. The summed E-state index contributed by atoms with van der Waals surface area (Å²) in [5.74, 6) is -3.83. The van der Waals surface area contributed by atoms with Crippen molar-refractivity contribution >= 4 is 17.3 Å². The monoisotopic (exact) mass is 551 g/mol. The van der Waals surface area contributed by atoms with Gasteiger partial charge in [-0.05, 0) is 55.4 Å². The minimum atomic E-state index is -3.04. The fourth-order valence-corrected chi connectivity index (χ4v) is 5.75. The van der Waals surface area contributed by atoms with Crippen molar-refractivity contribution in [2.45, 2.75) is 50.7 Å². The van der Waals surface area contributed by atoms with Gasteiger partial charge in [-0.25, -0.2) is 18.3 Å². The Morgan fingerprint density at radius 1 is 1.07 bits per heavy atom. The molecule has 2 fully saturated rings. The van der Waals surface area contributed by atoms with Crippen LogP contribution in [-0.4, -0.2) is 54.8 Å². The highest BCUT2D eigenvalue weighted by atomic mass is 19.3. The Bertz CT molecular complexity index is 1610. The van der Waals surface area contributed by atoms with E-state index in [0.29, 0.717) is 16.8 Å². The van der Waals surface area contributed by atoms with Crippen LogP contribution in [0.25, 0.3) is 16.8 Å². The number of alkyl halides is 2. The normalized spacial score (nSPS) is 22.1. The van der Waals surface area contributed by atoms with Crippen LogP contribution in [0.2, 0.25) is 0 Å². The molecule has 2 aliphatic carbocycles. The number of pyridine rings is 2. The zero-order valence-corrected chi connectivity index (χ0v) is 21.6. The molecule has 0 saturated heterocycles. The van der Waals surface area contributed by atoms with Gasteiger partial charge in [0.2, 0.25) is 5.88 Å². The third-order valence-corrected chi connectivity index (χ3v) is 7.61. The average Bonchev–Trinajstić information content (AvgIpc) is 3.50. The van der Waals surface area contributed by atoms with Crippen LogP contribution in [0.4, 0.5) is 8.78 Å². The molecule has 0 aromatic carbocycles. The van der Waals surface area contributed by atoms with Crippen molar-refractivity contribution in [1.82, 2.24) is 24.4 Å². The van der Waals surface area contributed by atoms with E-state index >= 15 is 0 Å². The number of carbonyl (C=O) groups excluding carboxylic acids is 2. The van der Waals surface area contributed by atoms with E-state index in [0.717, 1.165) is 32.6 Å². The topological polar surface area (TPSA) is 153 Å². The first-order valence-corrected chi connectivity index (χ1v) is 12.8. The van der Waals surface area contributed by atoms with E-state index in [2.05, 4.69) is 15.2 Å². The van der Waals surface area contributed by atoms with Crippen LogP contribution in [0.3, 0.4) is 0 Å². The number of primary amides is 2. The molecule has 1 spiro atoms. The van der Waals surface area contributed by atoms with Gasteiger partial charge in [-0.1, -0.05) is 0 Å². The van der Waals surface area contributed by atoms with Crippen LogP contribution in [0.15, 0.2) is 49.1 Å². The van der Waals surface area contributed by atoms with Gasteiger partial charge < -0.3 is 20.9 Å². The number of carbonyl (C=O) groups is 2. The number of nitrogens with two attached hydrogens (primary N) is 2. The van der Waals surface area contributed by atoms with Gasteiger partial charge in [0.25, 0.3) is 17.7 Å². The number of ether oxygens (including phenoxy) is 2. The molecular formula is C27H27F2N7O4. The molecule has 13 heteroatoms. The van der Waals surface area contributed by atoms with E-state index in [-0.39, 0.29) is 40.3 Å². The van der Waals surface area contributed by atoms with Crippen molar-refractivity contribution < 1.29 is 27.8 Å². The first kappa shape index (κ1) is 25.7. The van der Waals surface area contributed by atoms with Crippen LogP contribution in [0.1, 0.15) is 59.4 Å². The summed E-state index contributed by atoms with van der Waals surface area (Å²) in [6.45, 7) is -0.0464. The highest BCUT2D eigenvalue weighted by Crippen LogP contribution is 2.61. The fourth-order valence-electron chi connectivity index (χ4n) is 5.75. The maximum atomic E-state index is 13.6. The molecule has 4 aromatic heterocycles. The molecular weight excluding hydrogens is 524 g/mol. The maximum absolute atomic E-state index is 13.6. The number of hydrogen-bond acceptors (Lipinski definition) is 7. The van der Waals surface area contributed by atoms with Crippen molar-refractivity contribution in [3.8, 4) is 22.9 Å². The van der Waals surface area contributed by atoms with Gasteiger partial charge in [0, 0.05) is 24.9 Å². The zero-order chi connectivity index (χ0) is 28.2. The fraction of sp³-hybridized carbons (Fsp3) is 0.370. The lowest BCUT2D eigenvalue weighted by Crippen LogP contribution is -2.52. The number of hydrogen-bond donors (Lipinski definition) is 2. The third kappa shape index (κ3) is 4.61. The lowest BCUT2D eigenvalue weighted by molar-refractivity contribution is -0.0985. The Morgan fingerprint density at radius 2 is 1.82 bits per heavy atom. The summed E-state index contributed by atoms with van der Waals surface area (Å²) in [5, 5.41) is 8.82. The summed E-state index contributed by atoms with van der Waals surface area (Å²) in [6, 6.07) is 6.47. The highest BCUT2D eigenvalue weighted by Gasteiger charge is 2.55. The number of halogens is 2. The second-order valence-corrected chi connectivity index (χ2v) is 10.8. The molecule has 0 radical (unpaired) electrons. The van der Waals surface area contributed by atoms with E-state index in [1.807, 2.05) is 10.9 Å². The predicted molar refractivity (Wildman–Crippen MR) is 138 cm³/mol. The molecule has 4 N–H and O–H groups in total. The van der Waals surface area contributed by atoms with E-state index in [4.69, 9.17) is 20.9 Å². The summed E-state index contributed by atoms with van der Waals surface area (Å²) in [7, 11) is 0. The van der Waals surface area contributed by atoms with Gasteiger partial charge >= 0.3 is 0 Å². The van der Waals surface area contributed by atoms with Crippen LogP contribution in [0, 0.1) is 5.41 Å². The Hall–Kier alpha value is -4.55. The minimum Gasteiger partial charge on any atom is -0.485 e. The Morgan fingerprint density at radius 3 is 2.52 bits per heavy atom. The zero-order valence-electron chi connectivity index (χ0n) is 21.6. The quantitative estimate of drug-likeness (QED) is 0.323. The SMILES string of the molecule is CC(F)(F)COc1ccc2c(C(N)=O)cnn2c1-c1cnn(C2CC3(CC(Oc4ncccc4C(N)=O)C3)C2)c1. The lowest BCUT2D eigenvalue weighted by atomic mass is 9.53. The molecule has 4 aromatic rings. The van der Waals surface area contributed by atoms with E-state index in [1.54, 1.807) is 30.6 Å². The summed E-state index contributed by atoms with van der Waals surface area (Å²) < 4.78 is 41.9. The molecule has 4 heterocycles. The average molecular weight is 552 g/mol. The molecule has 0 atom stereocenters. The van der Waals surface area contributed by atoms with Crippen LogP contribution >= 0.6 is 0 Å². The molecule has 40 heavy (non-hydrogen) atoms. The molecule has 2 aliphatic rings. The Labute approximate surface area is 227 Å². The molecule has 208 valence electrons. The van der Waals surface area contributed by atoms with E-state index in [9.17, 15) is 18.4 Å². The van der Waals surface area contributed by atoms with Gasteiger partial charge in [0.15, 0.2) is 6.61 Å². The number of aromatic nitrogens is 5. The standard InChI is InChI=1S/C27H27F2N7O4/c1-26(28,29)14-39-21-5-4-20-19(24(31)38)12-34-36(20)22(21)15-11-33-35(13-15)16-7-27(8-16)9-17(10-27)40-25-18(23(30)37)3-2-6-32-25/h2-6,11-13,16-17H,7-10,14H2,1H3,(H2,30,37)(H2,31,38). The van der Waals surface area contributed by atoms with Gasteiger partial charge in [0.05, 0.1) is 29.5 Å². The number of amides is 2. The Balaban J connectivity index is 1.18. The molecule has 0 aliphatic heterocycles. The van der Waals surface area contributed by atoms with E-state index < -0.39 is 24.3 Å². The van der Waals surface area contributed by atoms with Crippen LogP contribution in [0.5, 0.6) is 11.6 Å². The van der Waals surface area contributed by atoms with Crippen molar-refractivity contribution in [3.63, 3.8) is 0 Å². The molecule has 0 bridgehead atoms. The van der Waals surface area contributed by atoms with Crippen molar-refractivity contribution in [3.05, 3.63) is 60.2 Å². The summed E-state index contributed by atoms with van der Waals surface area (Å²) >= 11 is 0. The van der Waals surface area contributed by atoms with Gasteiger partial charge in [-0.15, -0.1) is 0 Å². The smallest absolute Gasteiger partial charge is 0.278 e. The van der Waals surface area contributed by atoms with Gasteiger partial charge in [-0.3, -0.25) is 14.3 Å². The minimum absolute atomic E-state index is 0.0459. The van der Waals surface area contributed by atoms with E-state index in [1.165, 1.54) is 16.8 Å². The number of nitrogens with zero attached hydrogens (tertiary/aromatic N) is 5. The number of rotatable bonds is 9. The van der Waals surface area contributed by atoms with Crippen molar-refractivity contribution in [1.29, 1.82) is 0 Å². The summed E-state index contributed by atoms with van der Waals surface area (Å²) in [4.78, 5) is 27.7. The second-order valence-electron chi connectivity index (χ2n) is 10.8. The second kappa shape index (κ2) is 9.28. The maximum Gasteiger partial charge on any atom is 0.278 e. The molecule has 6 rings (SSSR count). The first-order chi connectivity index (χ1) is 19.0. The largest absolute Gasteiger partial charge is 0.485 e. The van der Waals surface area contributed by atoms with Gasteiger partial charge in [0.1, 0.15) is 23.1 Å². The predicted octanol–water partition coefficient (Wildman–Crippen LogP) is 3.39. The summed E-state index contributed by atoms with van der Waals surface area (Å²) in [6.07, 6.45) is 9.76. The third-order valence-electron chi connectivity index (χ3n) is 7.61. The van der Waals surface area contributed by atoms with Crippen molar-refractivity contribution in [2.24, 2.45) is 16.9 Å². The highest BCUT2D eigenvalue weighted by molar-refractivity contribution is 6.00. The Kier molecular flexibility index (Phi) is 5.97. The molecule has 2 amide bonds. The number of fused-ring (bicyclic) bond motifs is 1. The molecule has 11 nitrogen and oxygen atoms in total. The summed E-state index contributed by atoms with van der Waals surface area (Å²) in [5.41, 5.74) is 12.9. The van der Waals surface area contributed by atoms with Crippen molar-refractivity contribution in [2.75, 3.05) is 6.61 Å². The molecule has 0 unspecified atom stereocenters. The van der Waals surface area contributed by atoms with Crippen LogP contribution in [-0.2, 0) is 0 Å². The van der Waals surface area contributed by atoms with Gasteiger partial charge in [-0.2, -0.15) is 10.2 Å². The van der Waals surface area contributed by atoms with Crippen LogP contribution < -0.4 is 20.9 Å².